The molecule has 2 aliphatic rings. The van der Waals surface area contributed by atoms with Crippen molar-refractivity contribution in [3.63, 3.8) is 0 Å². The van der Waals surface area contributed by atoms with Crippen LogP contribution in [0.3, 0.4) is 0 Å². The van der Waals surface area contributed by atoms with Crippen LogP contribution in [0.5, 0.6) is 0 Å². The van der Waals surface area contributed by atoms with Gasteiger partial charge in [-0.15, -0.1) is 0 Å². The van der Waals surface area contributed by atoms with E-state index in [0.717, 1.165) is 6.54 Å². The molecule has 1 saturated heterocycles. The molecule has 9 heavy (non-hydrogen) atoms. The molecular weight excluding hydrogens is 112 g/mol. The van der Waals surface area contributed by atoms with Crippen LogP contribution >= 0.6 is 0 Å². The summed E-state index contributed by atoms with van der Waals surface area (Å²) in [6, 6.07) is 2.91. The summed E-state index contributed by atoms with van der Waals surface area (Å²) in [7, 11) is 0. The van der Waals surface area contributed by atoms with Gasteiger partial charge in [-0.25, -0.2) is 0 Å². The zero-order valence-electron chi connectivity index (χ0n) is 5.35. The molecule has 1 fully saturated rings. The third kappa shape index (κ3) is 0.778. The van der Waals surface area contributed by atoms with Crippen LogP contribution in [0.15, 0.2) is 0 Å². The second-order valence-corrected chi connectivity index (χ2v) is 2.57. The van der Waals surface area contributed by atoms with Gasteiger partial charge < -0.3 is 5.32 Å². The van der Waals surface area contributed by atoms with Gasteiger partial charge in [0.05, 0.1) is 12.7 Å². The molecule has 0 saturated carbocycles. The average molecular weight is 122 g/mol. The zero-order valence-corrected chi connectivity index (χ0v) is 5.35. The standard InChI is InChI=1S/C7H10N2/c1-3-7-8-4-2-6-9(7)5-1/h7-8H,1,3,5-6H2. The molecule has 0 amide bonds. The Balaban J connectivity index is 2.10. The van der Waals surface area contributed by atoms with Crippen LogP contribution in [0.4, 0.5) is 0 Å². The van der Waals surface area contributed by atoms with E-state index in [1.807, 2.05) is 0 Å². The minimum Gasteiger partial charge on any atom is -0.329 e. The molecule has 0 bridgehead atoms. The molecule has 2 rings (SSSR count). The minimum atomic E-state index is 0.575. The predicted molar refractivity (Wildman–Crippen MR) is 35.5 cm³/mol. The second kappa shape index (κ2) is 1.93. The van der Waals surface area contributed by atoms with E-state index in [4.69, 9.17) is 0 Å². The first-order valence-corrected chi connectivity index (χ1v) is 3.44. The lowest BCUT2D eigenvalue weighted by atomic mass is 10.3. The van der Waals surface area contributed by atoms with Gasteiger partial charge in [-0.3, -0.25) is 4.90 Å². The maximum atomic E-state index is 3.15. The monoisotopic (exact) mass is 122 g/mol. The minimum absolute atomic E-state index is 0.575. The van der Waals surface area contributed by atoms with E-state index in [9.17, 15) is 0 Å². The third-order valence-corrected chi connectivity index (χ3v) is 1.97. The summed E-state index contributed by atoms with van der Waals surface area (Å²) in [5.41, 5.74) is 0. The van der Waals surface area contributed by atoms with Gasteiger partial charge in [0.25, 0.3) is 0 Å². The van der Waals surface area contributed by atoms with Gasteiger partial charge in [0.1, 0.15) is 0 Å². The Labute approximate surface area is 55.2 Å². The Morgan fingerprint density at radius 3 is 3.44 bits per heavy atom. The SMILES string of the molecule is C1#CNC2CCCN2C1. The number of hydrogen-bond acceptors (Lipinski definition) is 2. The molecule has 1 unspecified atom stereocenters. The second-order valence-electron chi connectivity index (χ2n) is 2.57. The van der Waals surface area contributed by atoms with Gasteiger partial charge in [-0.1, -0.05) is 5.92 Å². The molecule has 0 aromatic heterocycles. The van der Waals surface area contributed by atoms with Crippen molar-refractivity contribution in [1.82, 2.24) is 10.2 Å². The Morgan fingerprint density at radius 2 is 2.56 bits per heavy atom. The summed E-state index contributed by atoms with van der Waals surface area (Å²) < 4.78 is 0. The summed E-state index contributed by atoms with van der Waals surface area (Å²) in [5.74, 6) is 3.02. The molecule has 0 aromatic carbocycles. The first-order valence-electron chi connectivity index (χ1n) is 3.44. The van der Waals surface area contributed by atoms with Gasteiger partial charge in [-0.05, 0) is 12.8 Å². The van der Waals surface area contributed by atoms with Crippen molar-refractivity contribution in [3.05, 3.63) is 0 Å². The van der Waals surface area contributed by atoms with E-state index in [1.54, 1.807) is 0 Å². The van der Waals surface area contributed by atoms with E-state index in [-0.39, 0.29) is 0 Å². The van der Waals surface area contributed by atoms with Crippen LogP contribution < -0.4 is 5.32 Å². The molecule has 0 spiro atoms. The van der Waals surface area contributed by atoms with E-state index in [1.165, 1.54) is 19.4 Å². The summed E-state index contributed by atoms with van der Waals surface area (Å²) in [5, 5.41) is 3.15. The largest absolute Gasteiger partial charge is 0.329 e. The van der Waals surface area contributed by atoms with Gasteiger partial charge in [0.15, 0.2) is 0 Å². The first-order chi connectivity index (χ1) is 4.47. The van der Waals surface area contributed by atoms with E-state index in [0.29, 0.717) is 6.17 Å². The lowest BCUT2D eigenvalue weighted by Gasteiger charge is -2.23. The number of nitrogens with zero attached hydrogens (tertiary/aromatic N) is 1. The normalized spacial score (nSPS) is 32.2. The van der Waals surface area contributed by atoms with Crippen LogP contribution in [0.1, 0.15) is 12.8 Å². The zero-order chi connectivity index (χ0) is 6.10. The topological polar surface area (TPSA) is 15.3 Å². The molecule has 0 radical (unpaired) electrons. The highest BCUT2D eigenvalue weighted by atomic mass is 15.3. The maximum absolute atomic E-state index is 3.15. The Bertz CT molecular complexity index is 149. The van der Waals surface area contributed by atoms with Crippen molar-refractivity contribution in [1.29, 1.82) is 0 Å². The van der Waals surface area contributed by atoms with Crippen LogP contribution in [0.25, 0.3) is 0 Å². The number of fused-ring (bicyclic) bond motifs is 1. The van der Waals surface area contributed by atoms with Crippen LogP contribution in [-0.2, 0) is 0 Å². The van der Waals surface area contributed by atoms with Crippen molar-refractivity contribution in [2.45, 2.75) is 19.0 Å². The van der Waals surface area contributed by atoms with Crippen molar-refractivity contribution < 1.29 is 0 Å². The van der Waals surface area contributed by atoms with E-state index < -0.39 is 0 Å². The highest BCUT2D eigenvalue weighted by molar-refractivity contribution is 5.06. The lowest BCUT2D eigenvalue weighted by Crippen LogP contribution is -2.41. The van der Waals surface area contributed by atoms with Crippen LogP contribution in [-0.4, -0.2) is 24.2 Å². The summed E-state index contributed by atoms with van der Waals surface area (Å²) >= 11 is 0. The molecule has 0 aromatic rings. The van der Waals surface area contributed by atoms with E-state index in [2.05, 4.69) is 22.2 Å². The molecular formula is C7H10N2. The Hall–Kier alpha value is -0.680. The number of rotatable bonds is 0. The fourth-order valence-corrected chi connectivity index (χ4v) is 1.45. The molecule has 1 atom stereocenters. The quantitative estimate of drug-likeness (QED) is 0.454. The van der Waals surface area contributed by atoms with Crippen LogP contribution in [0, 0.1) is 12.0 Å². The maximum Gasteiger partial charge on any atom is 0.0875 e. The number of hydrogen-bond donors (Lipinski definition) is 1. The fraction of sp³-hybridized carbons (Fsp3) is 0.714. The first kappa shape index (κ1) is 5.13. The smallest absolute Gasteiger partial charge is 0.0875 e. The van der Waals surface area contributed by atoms with Crippen molar-refractivity contribution in [3.8, 4) is 12.0 Å². The molecule has 2 nitrogen and oxygen atoms in total. The highest BCUT2D eigenvalue weighted by Crippen LogP contribution is 2.14. The molecule has 48 valence electrons. The lowest BCUT2D eigenvalue weighted by molar-refractivity contribution is 0.258. The van der Waals surface area contributed by atoms with Crippen molar-refractivity contribution in [2.24, 2.45) is 0 Å². The third-order valence-electron chi connectivity index (χ3n) is 1.97. The molecule has 2 heteroatoms. The molecule has 0 aliphatic carbocycles. The summed E-state index contributed by atoms with van der Waals surface area (Å²) in [6.45, 7) is 2.20. The summed E-state index contributed by atoms with van der Waals surface area (Å²) in [6.07, 6.45) is 3.17. The van der Waals surface area contributed by atoms with Gasteiger partial charge in [-0.2, -0.15) is 0 Å². The molecule has 2 heterocycles. The van der Waals surface area contributed by atoms with Gasteiger partial charge in [0, 0.05) is 12.6 Å². The Kier molecular flexibility index (Phi) is 1.10. The van der Waals surface area contributed by atoms with Crippen molar-refractivity contribution in [2.75, 3.05) is 13.1 Å². The molecule has 2 aliphatic heterocycles. The molecule has 1 N–H and O–H groups in total. The Morgan fingerprint density at radius 1 is 1.56 bits per heavy atom. The van der Waals surface area contributed by atoms with Crippen LogP contribution in [0.2, 0.25) is 0 Å². The van der Waals surface area contributed by atoms with E-state index >= 15 is 0 Å². The van der Waals surface area contributed by atoms with Gasteiger partial charge >= 0.3 is 0 Å². The summed E-state index contributed by atoms with van der Waals surface area (Å²) in [4.78, 5) is 2.39. The van der Waals surface area contributed by atoms with Crippen molar-refractivity contribution >= 4 is 0 Å². The highest BCUT2D eigenvalue weighted by Gasteiger charge is 2.23. The predicted octanol–water partition coefficient (Wildman–Crippen LogP) is -0.0276. The van der Waals surface area contributed by atoms with Gasteiger partial charge in [0.2, 0.25) is 0 Å². The average Bonchev–Trinajstić information content (AvgIpc) is 2.33. The number of nitrogens with one attached hydrogen (secondary N) is 1. The fourth-order valence-electron chi connectivity index (χ4n) is 1.45.